The summed E-state index contributed by atoms with van der Waals surface area (Å²) in [6, 6.07) is 14.7. The number of anilines is 2. The predicted octanol–water partition coefficient (Wildman–Crippen LogP) is 4.07. The van der Waals surface area contributed by atoms with Crippen LogP contribution in [0.3, 0.4) is 0 Å². The van der Waals surface area contributed by atoms with Gasteiger partial charge >= 0.3 is 162 Å². The topological polar surface area (TPSA) is 6.48 Å². The molecule has 2 aliphatic heterocycles. The summed E-state index contributed by atoms with van der Waals surface area (Å²) < 4.78 is 3.29. The van der Waals surface area contributed by atoms with Gasteiger partial charge in [-0.25, -0.2) is 0 Å². The van der Waals surface area contributed by atoms with Gasteiger partial charge in [-0.3, -0.25) is 0 Å². The van der Waals surface area contributed by atoms with Crippen LogP contribution < -0.4 is 17.0 Å². The van der Waals surface area contributed by atoms with E-state index in [0.717, 1.165) is 19.8 Å². The van der Waals surface area contributed by atoms with Crippen LogP contribution in [0.4, 0.5) is 11.4 Å². The number of hydrogen-bond acceptors (Lipinski definition) is 2. The third kappa shape index (κ3) is 3.33. The predicted molar refractivity (Wildman–Crippen MR) is 116 cm³/mol. The molecule has 2 bridgehead atoms. The van der Waals surface area contributed by atoms with Crippen molar-refractivity contribution in [1.82, 2.24) is 0 Å². The summed E-state index contributed by atoms with van der Waals surface area (Å²) in [4.78, 5) is 20.2. The Balaban J connectivity index is 1.74. The Hall–Kier alpha value is -0.363. The average molecular weight is 548 g/mol. The van der Waals surface area contributed by atoms with Crippen molar-refractivity contribution < 1.29 is 0 Å². The Labute approximate surface area is 161 Å². The zero-order valence-corrected chi connectivity index (χ0v) is 22.2. The molecule has 0 radical (unpaired) electrons. The molecule has 4 rings (SSSR count). The molecule has 2 aromatic carbocycles. The quantitative estimate of drug-likeness (QED) is 0.523. The standard InChI is InChI=1S/C15H12N2.6CH3.2Sn/c1-3-7-14-12(5-1)9-16-11-17(14)10-13-6-2-4-8-15(13)16;;;;;;;;/h3-8H,9-11H2;6*1H3;;. The van der Waals surface area contributed by atoms with Gasteiger partial charge in [0.25, 0.3) is 0 Å². The van der Waals surface area contributed by atoms with Crippen LogP contribution in [0, 0.1) is 0 Å². The van der Waals surface area contributed by atoms with Crippen molar-refractivity contribution in [3.05, 3.63) is 47.5 Å². The van der Waals surface area contributed by atoms with Crippen LogP contribution in [0.15, 0.2) is 36.4 Å². The zero-order valence-electron chi connectivity index (χ0n) is 16.5. The molecule has 0 aromatic heterocycles. The van der Waals surface area contributed by atoms with E-state index in [1.54, 1.807) is 7.16 Å². The molecular weight excluding hydrogens is 518 g/mol. The number of hydrogen-bond donors (Lipinski definition) is 0. The summed E-state index contributed by atoms with van der Waals surface area (Å²) in [7, 11) is 0. The molecule has 0 amide bonds. The molecule has 2 aromatic rings. The summed E-state index contributed by atoms with van der Waals surface area (Å²) in [5.74, 6) is 0. The summed E-state index contributed by atoms with van der Waals surface area (Å²) in [5, 5.41) is 0. The monoisotopic (exact) mass is 550 g/mol. The summed E-state index contributed by atoms with van der Waals surface area (Å²) >= 11 is -4.02. The molecule has 0 atom stereocenters. The normalized spacial score (nSPS) is 16.6. The Bertz CT molecular complexity index is 761. The van der Waals surface area contributed by atoms with E-state index in [-0.39, 0.29) is 0 Å². The first-order valence-corrected chi connectivity index (χ1v) is 29.4. The fourth-order valence-electron chi connectivity index (χ4n) is 4.01. The second-order valence-corrected chi connectivity index (χ2v) is 38.7. The van der Waals surface area contributed by atoms with Crippen LogP contribution in [0.5, 0.6) is 0 Å². The van der Waals surface area contributed by atoms with E-state index in [9.17, 15) is 0 Å². The van der Waals surface area contributed by atoms with E-state index in [0.29, 0.717) is 0 Å². The van der Waals surface area contributed by atoms with Crippen LogP contribution in [0.2, 0.25) is 29.6 Å². The minimum atomic E-state index is -2.01. The Morgan fingerprint density at radius 1 is 0.640 bits per heavy atom. The van der Waals surface area contributed by atoms with Crippen LogP contribution in [0.1, 0.15) is 11.1 Å². The first kappa shape index (κ1) is 18.0. The molecule has 2 nitrogen and oxygen atoms in total. The molecule has 0 unspecified atom stereocenters. The van der Waals surface area contributed by atoms with E-state index in [4.69, 9.17) is 0 Å². The van der Waals surface area contributed by atoms with Gasteiger partial charge in [0.15, 0.2) is 0 Å². The van der Waals surface area contributed by atoms with E-state index < -0.39 is 36.8 Å². The van der Waals surface area contributed by atoms with Gasteiger partial charge < -0.3 is 0 Å². The van der Waals surface area contributed by atoms with Crippen molar-refractivity contribution in [3.8, 4) is 0 Å². The summed E-state index contributed by atoms with van der Waals surface area (Å²) in [5.41, 5.74) is 5.98. The maximum atomic E-state index is 2.57. The average Bonchev–Trinajstić information content (AvgIpc) is 2.52. The van der Waals surface area contributed by atoms with E-state index >= 15 is 0 Å². The number of fused-ring (bicyclic) bond motifs is 6. The molecule has 132 valence electrons. The van der Waals surface area contributed by atoms with Crippen molar-refractivity contribution in [2.75, 3.05) is 16.5 Å². The Morgan fingerprint density at radius 2 is 1.04 bits per heavy atom. The van der Waals surface area contributed by atoms with Gasteiger partial charge in [0.05, 0.1) is 0 Å². The molecule has 0 N–H and O–H groups in total. The Morgan fingerprint density at radius 3 is 1.40 bits per heavy atom. The molecule has 4 heteroatoms. The van der Waals surface area contributed by atoms with E-state index in [1.165, 1.54) is 22.5 Å². The number of benzene rings is 2. The van der Waals surface area contributed by atoms with Gasteiger partial charge in [-0.1, -0.05) is 0 Å². The van der Waals surface area contributed by atoms with Gasteiger partial charge in [0.1, 0.15) is 0 Å². The second kappa shape index (κ2) is 6.08. The van der Waals surface area contributed by atoms with Crippen molar-refractivity contribution >= 4 is 55.3 Å². The molecule has 0 fully saturated rings. The molecule has 0 saturated carbocycles. The fraction of sp³-hybridized carbons (Fsp3) is 0.429. The van der Waals surface area contributed by atoms with Crippen LogP contribution in [-0.2, 0) is 13.1 Å². The molecule has 25 heavy (non-hydrogen) atoms. The molecule has 0 aliphatic carbocycles. The molecular formula is C21H30N2Sn2. The molecule has 2 heterocycles. The Kier molecular flexibility index (Phi) is 4.38. The van der Waals surface area contributed by atoms with Crippen LogP contribution in [-0.4, -0.2) is 43.4 Å². The molecule has 0 spiro atoms. The minimum absolute atomic E-state index is 1.04. The van der Waals surface area contributed by atoms with E-state index in [1.807, 2.05) is 0 Å². The third-order valence-corrected chi connectivity index (χ3v) is 17.3. The summed E-state index contributed by atoms with van der Waals surface area (Å²) in [6.45, 7) is 3.16. The van der Waals surface area contributed by atoms with Crippen LogP contribution >= 0.6 is 0 Å². The fourth-order valence-corrected chi connectivity index (χ4v) is 10.8. The van der Waals surface area contributed by atoms with Crippen LogP contribution in [0.25, 0.3) is 0 Å². The van der Waals surface area contributed by atoms with Gasteiger partial charge in [-0.05, 0) is 0 Å². The molecule has 2 aliphatic rings. The first-order valence-electron chi connectivity index (χ1n) is 9.40. The third-order valence-electron chi connectivity index (χ3n) is 5.64. The van der Waals surface area contributed by atoms with Gasteiger partial charge in [-0.2, -0.15) is 0 Å². The number of rotatable bonds is 2. The van der Waals surface area contributed by atoms with Crippen molar-refractivity contribution in [2.45, 2.75) is 42.7 Å². The SMILES string of the molecule is [CH3][Sn]([CH3])([CH3])[c]1ccc2c(c1)CN1CN2Cc2c[c]([Sn]([CH3])([CH3])[CH3])ccc21. The first-order chi connectivity index (χ1) is 11.6. The van der Waals surface area contributed by atoms with Crippen molar-refractivity contribution in [2.24, 2.45) is 0 Å². The van der Waals surface area contributed by atoms with Crippen molar-refractivity contribution in [1.29, 1.82) is 0 Å². The van der Waals surface area contributed by atoms with E-state index in [2.05, 4.69) is 75.8 Å². The second-order valence-electron chi connectivity index (χ2n) is 9.72. The zero-order chi connectivity index (χ0) is 18.0. The molecule has 0 saturated heterocycles. The van der Waals surface area contributed by atoms with Crippen molar-refractivity contribution in [3.63, 3.8) is 0 Å². The van der Waals surface area contributed by atoms with Gasteiger partial charge in [-0.15, -0.1) is 0 Å². The number of nitrogens with zero attached hydrogens (tertiary/aromatic N) is 2. The maximum absolute atomic E-state index is 2.57. The van der Waals surface area contributed by atoms with Gasteiger partial charge in [0, 0.05) is 0 Å². The van der Waals surface area contributed by atoms with Gasteiger partial charge in [0.2, 0.25) is 0 Å². The summed E-state index contributed by atoms with van der Waals surface area (Å²) in [6.07, 6.45) is 0.